The number of aryl methyl sites for hydroxylation is 1. The first-order chi connectivity index (χ1) is 8.56. The van der Waals surface area contributed by atoms with E-state index in [4.69, 9.17) is 5.73 Å². The Morgan fingerprint density at radius 2 is 1.94 bits per heavy atom. The summed E-state index contributed by atoms with van der Waals surface area (Å²) in [7, 11) is 0. The summed E-state index contributed by atoms with van der Waals surface area (Å²) in [5, 5.41) is 0. The molecule has 0 spiro atoms. The van der Waals surface area contributed by atoms with Gasteiger partial charge in [0.2, 0.25) is 0 Å². The lowest BCUT2D eigenvalue weighted by Gasteiger charge is -2.44. The Kier molecular flexibility index (Phi) is 3.96. The average molecular weight is 246 g/mol. The van der Waals surface area contributed by atoms with Gasteiger partial charge in [0.15, 0.2) is 0 Å². The van der Waals surface area contributed by atoms with E-state index in [1.807, 2.05) is 0 Å². The molecule has 1 heterocycles. The maximum Gasteiger partial charge on any atom is 0.0366 e. The van der Waals surface area contributed by atoms with Gasteiger partial charge in [0.05, 0.1) is 0 Å². The van der Waals surface area contributed by atoms with Crippen LogP contribution in [0.1, 0.15) is 32.8 Å². The topological polar surface area (TPSA) is 29.3 Å². The number of nitrogens with zero attached hydrogens (tertiary/aromatic N) is 1. The van der Waals surface area contributed by atoms with Gasteiger partial charge in [0, 0.05) is 18.8 Å². The molecule has 0 aromatic heterocycles. The fourth-order valence-corrected chi connectivity index (χ4v) is 2.80. The molecule has 1 unspecified atom stereocenters. The van der Waals surface area contributed by atoms with E-state index in [9.17, 15) is 0 Å². The molecule has 1 aliphatic heterocycles. The van der Waals surface area contributed by atoms with E-state index < -0.39 is 0 Å². The lowest BCUT2D eigenvalue weighted by molar-refractivity contribution is 0.177. The van der Waals surface area contributed by atoms with Gasteiger partial charge in [-0.1, -0.05) is 32.9 Å². The smallest absolute Gasteiger partial charge is 0.0366 e. The van der Waals surface area contributed by atoms with Crippen LogP contribution in [0.4, 0.5) is 5.69 Å². The van der Waals surface area contributed by atoms with Crippen LogP contribution in [0.5, 0.6) is 0 Å². The van der Waals surface area contributed by atoms with E-state index in [0.29, 0.717) is 11.3 Å². The molecule has 0 bridgehead atoms. The monoisotopic (exact) mass is 246 g/mol. The molecule has 2 N–H and O–H groups in total. The molecule has 2 rings (SSSR count). The summed E-state index contributed by atoms with van der Waals surface area (Å²) < 4.78 is 0. The summed E-state index contributed by atoms with van der Waals surface area (Å²) in [6.07, 6.45) is 2.34. The van der Waals surface area contributed by atoms with Gasteiger partial charge in [-0.2, -0.15) is 0 Å². The predicted octanol–water partition coefficient (Wildman–Crippen LogP) is 3.06. The van der Waals surface area contributed by atoms with Gasteiger partial charge in [0.1, 0.15) is 0 Å². The third-order valence-electron chi connectivity index (χ3n) is 4.57. The highest BCUT2D eigenvalue weighted by Gasteiger charge is 2.34. The molecule has 1 fully saturated rings. The molecule has 1 aromatic rings. The maximum absolute atomic E-state index is 5.94. The van der Waals surface area contributed by atoms with E-state index in [0.717, 1.165) is 26.1 Å². The highest BCUT2D eigenvalue weighted by molar-refractivity contribution is 5.48. The molecule has 1 aromatic carbocycles. The zero-order valence-electron chi connectivity index (χ0n) is 11.9. The summed E-state index contributed by atoms with van der Waals surface area (Å²) in [6.45, 7) is 9.92. The van der Waals surface area contributed by atoms with Crippen molar-refractivity contribution in [2.24, 2.45) is 17.1 Å². The summed E-state index contributed by atoms with van der Waals surface area (Å²) in [5.41, 5.74) is 9.08. The second kappa shape index (κ2) is 5.31. The lowest BCUT2D eigenvalue weighted by Crippen LogP contribution is -2.47. The van der Waals surface area contributed by atoms with E-state index >= 15 is 0 Å². The molecule has 100 valence electrons. The molecule has 0 amide bonds. The highest BCUT2D eigenvalue weighted by Crippen LogP contribution is 2.36. The number of hydrogen-bond donors (Lipinski definition) is 1. The Labute approximate surface area is 111 Å². The van der Waals surface area contributed by atoms with Crippen molar-refractivity contribution < 1.29 is 0 Å². The number of piperidine rings is 1. The van der Waals surface area contributed by atoms with Gasteiger partial charge in [0.25, 0.3) is 0 Å². The first-order valence-electron chi connectivity index (χ1n) is 7.11. The lowest BCUT2D eigenvalue weighted by atomic mass is 9.73. The van der Waals surface area contributed by atoms with Crippen LogP contribution >= 0.6 is 0 Å². The van der Waals surface area contributed by atoms with Crippen LogP contribution in [0.3, 0.4) is 0 Å². The molecular formula is C16H26N2. The fourth-order valence-electron chi connectivity index (χ4n) is 2.80. The van der Waals surface area contributed by atoms with Gasteiger partial charge < -0.3 is 10.6 Å². The molecule has 0 saturated carbocycles. The zero-order chi connectivity index (χ0) is 13.2. The van der Waals surface area contributed by atoms with Crippen LogP contribution in [-0.2, 0) is 6.42 Å². The van der Waals surface area contributed by atoms with Crippen LogP contribution in [0.25, 0.3) is 0 Å². The van der Waals surface area contributed by atoms with E-state index in [2.05, 4.69) is 49.9 Å². The summed E-state index contributed by atoms with van der Waals surface area (Å²) in [4.78, 5) is 2.49. The van der Waals surface area contributed by atoms with Crippen molar-refractivity contribution in [3.05, 3.63) is 29.8 Å². The third-order valence-corrected chi connectivity index (χ3v) is 4.57. The normalized spacial score (nSPS) is 23.1. The molecule has 1 atom stereocenters. The predicted molar refractivity (Wildman–Crippen MR) is 79.0 cm³/mol. The zero-order valence-corrected chi connectivity index (χ0v) is 11.9. The van der Waals surface area contributed by atoms with Gasteiger partial charge in [-0.05, 0) is 48.4 Å². The number of anilines is 1. The second-order valence-electron chi connectivity index (χ2n) is 6.14. The summed E-state index contributed by atoms with van der Waals surface area (Å²) in [5.74, 6) is 0.595. The number of rotatable bonds is 3. The molecule has 1 aliphatic rings. The molecule has 0 aliphatic carbocycles. The van der Waals surface area contributed by atoms with Crippen molar-refractivity contribution in [3.63, 3.8) is 0 Å². The quantitative estimate of drug-likeness (QED) is 0.888. The van der Waals surface area contributed by atoms with E-state index in [1.54, 1.807) is 0 Å². The fraction of sp³-hybridized carbons (Fsp3) is 0.625. The van der Waals surface area contributed by atoms with E-state index in [-0.39, 0.29) is 0 Å². The van der Waals surface area contributed by atoms with Crippen molar-refractivity contribution in [3.8, 4) is 0 Å². The molecule has 2 nitrogen and oxygen atoms in total. The van der Waals surface area contributed by atoms with Crippen molar-refractivity contribution in [2.45, 2.75) is 33.6 Å². The Morgan fingerprint density at radius 3 is 2.50 bits per heavy atom. The first-order valence-corrected chi connectivity index (χ1v) is 7.11. The second-order valence-corrected chi connectivity index (χ2v) is 6.14. The van der Waals surface area contributed by atoms with Crippen LogP contribution in [0.15, 0.2) is 24.3 Å². The van der Waals surface area contributed by atoms with Crippen LogP contribution < -0.4 is 10.6 Å². The average Bonchev–Trinajstić information content (AvgIpc) is 2.39. The standard InChI is InChI=1S/C16H26N2/c1-4-13-5-7-15(8-6-13)18-10-9-16(2,3)14(11-17)12-18/h5-8,14H,4,9-12,17H2,1-3H3. The Hall–Kier alpha value is -1.02. The van der Waals surface area contributed by atoms with Crippen LogP contribution in [0.2, 0.25) is 0 Å². The number of benzene rings is 1. The third kappa shape index (κ3) is 2.69. The summed E-state index contributed by atoms with van der Waals surface area (Å²) in [6, 6.07) is 8.99. The first kappa shape index (κ1) is 13.4. The van der Waals surface area contributed by atoms with Crippen LogP contribution in [-0.4, -0.2) is 19.6 Å². The van der Waals surface area contributed by atoms with Gasteiger partial charge in [-0.15, -0.1) is 0 Å². The number of nitrogens with two attached hydrogens (primary N) is 1. The van der Waals surface area contributed by atoms with Gasteiger partial charge in [-0.3, -0.25) is 0 Å². The molecular weight excluding hydrogens is 220 g/mol. The Bertz CT molecular complexity index is 381. The minimum absolute atomic E-state index is 0.384. The van der Waals surface area contributed by atoms with E-state index in [1.165, 1.54) is 17.7 Å². The van der Waals surface area contributed by atoms with Crippen molar-refractivity contribution in [1.29, 1.82) is 0 Å². The number of hydrogen-bond acceptors (Lipinski definition) is 2. The molecule has 1 saturated heterocycles. The largest absolute Gasteiger partial charge is 0.371 e. The van der Waals surface area contributed by atoms with Crippen molar-refractivity contribution in [1.82, 2.24) is 0 Å². The van der Waals surface area contributed by atoms with Crippen molar-refractivity contribution >= 4 is 5.69 Å². The molecule has 18 heavy (non-hydrogen) atoms. The minimum atomic E-state index is 0.384. The van der Waals surface area contributed by atoms with Crippen molar-refractivity contribution in [2.75, 3.05) is 24.5 Å². The Balaban J connectivity index is 2.10. The summed E-state index contributed by atoms with van der Waals surface area (Å²) >= 11 is 0. The van der Waals surface area contributed by atoms with Crippen LogP contribution in [0, 0.1) is 11.3 Å². The Morgan fingerprint density at radius 1 is 1.28 bits per heavy atom. The SMILES string of the molecule is CCc1ccc(N2CCC(C)(C)C(CN)C2)cc1. The van der Waals surface area contributed by atoms with Gasteiger partial charge >= 0.3 is 0 Å². The minimum Gasteiger partial charge on any atom is -0.371 e. The molecule has 2 heteroatoms. The maximum atomic E-state index is 5.94. The van der Waals surface area contributed by atoms with Gasteiger partial charge in [-0.25, -0.2) is 0 Å². The molecule has 0 radical (unpaired) electrons. The highest BCUT2D eigenvalue weighted by atomic mass is 15.1.